The van der Waals surface area contributed by atoms with Crippen LogP contribution in [0, 0.1) is 6.92 Å². The van der Waals surface area contributed by atoms with Crippen LogP contribution in [0.15, 0.2) is 74.8 Å². The molecule has 0 bridgehead atoms. The molecule has 7 heteroatoms. The van der Waals surface area contributed by atoms with Crippen molar-refractivity contribution in [1.82, 2.24) is 14.7 Å². The molecule has 0 aliphatic rings. The molecule has 4 heterocycles. The lowest BCUT2D eigenvalue weighted by Gasteiger charge is -2.04. The number of fused-ring (bicyclic) bond motifs is 2. The van der Waals surface area contributed by atoms with Crippen LogP contribution in [0.25, 0.3) is 16.6 Å². The Morgan fingerprint density at radius 1 is 1.17 bits per heavy atom. The molecule has 1 aromatic carbocycles. The van der Waals surface area contributed by atoms with Gasteiger partial charge in [-0.05, 0) is 36.6 Å². The van der Waals surface area contributed by atoms with Crippen molar-refractivity contribution in [2.45, 2.75) is 23.4 Å². The summed E-state index contributed by atoms with van der Waals surface area (Å²) in [5, 5.41) is 6.01. The van der Waals surface area contributed by atoms with Gasteiger partial charge in [0.15, 0.2) is 5.76 Å². The molecule has 4 aromatic heterocycles. The van der Waals surface area contributed by atoms with Gasteiger partial charge in [-0.2, -0.15) is 0 Å². The number of amides is 1. The van der Waals surface area contributed by atoms with E-state index >= 15 is 0 Å². The topological polar surface area (TPSA) is 59.5 Å². The third-order valence-corrected chi connectivity index (χ3v) is 7.09. The summed E-state index contributed by atoms with van der Waals surface area (Å²) in [6.45, 7) is 2.37. The quantitative estimate of drug-likeness (QED) is 0.350. The molecule has 0 saturated heterocycles. The Morgan fingerprint density at radius 2 is 2.07 bits per heavy atom. The summed E-state index contributed by atoms with van der Waals surface area (Å²) in [5.74, 6) is 0.829. The minimum absolute atomic E-state index is 0.221. The van der Waals surface area contributed by atoms with E-state index in [2.05, 4.69) is 21.7 Å². The molecule has 0 saturated carbocycles. The van der Waals surface area contributed by atoms with Gasteiger partial charge in [0.05, 0.1) is 16.4 Å². The molecule has 0 aliphatic carbocycles. The fourth-order valence-corrected chi connectivity index (χ4v) is 5.26. The molecule has 1 N–H and O–H groups in total. The summed E-state index contributed by atoms with van der Waals surface area (Å²) < 4.78 is 9.18. The zero-order valence-electron chi connectivity index (χ0n) is 16.3. The number of benzene rings is 1. The van der Waals surface area contributed by atoms with Crippen LogP contribution in [-0.2, 0) is 12.3 Å². The Balaban J connectivity index is 1.39. The van der Waals surface area contributed by atoms with Gasteiger partial charge >= 0.3 is 0 Å². The molecule has 1 amide bonds. The molecule has 0 spiro atoms. The number of para-hydroxylation sites is 1. The number of aromatic nitrogens is 2. The average Bonchev–Trinajstić information content (AvgIpc) is 3.49. The highest BCUT2D eigenvalue weighted by Gasteiger charge is 2.21. The van der Waals surface area contributed by atoms with Crippen LogP contribution in [0.4, 0.5) is 0 Å². The predicted molar refractivity (Wildman–Crippen MR) is 121 cm³/mol. The van der Waals surface area contributed by atoms with Crippen molar-refractivity contribution in [1.29, 1.82) is 0 Å². The van der Waals surface area contributed by atoms with Gasteiger partial charge in [-0.3, -0.25) is 4.79 Å². The maximum absolute atomic E-state index is 13.0. The zero-order chi connectivity index (χ0) is 20.5. The van der Waals surface area contributed by atoms with E-state index in [0.29, 0.717) is 18.1 Å². The minimum Gasteiger partial charge on any atom is -0.451 e. The number of nitrogens with zero attached hydrogens (tertiary/aromatic N) is 2. The molecule has 0 unspecified atom stereocenters. The SMILES string of the molecule is Cc1cccc2nc(CNC(=O)c3oc4ccccc4c3CSc3cccs3)cn12. The van der Waals surface area contributed by atoms with Crippen molar-refractivity contribution in [3.63, 3.8) is 0 Å². The van der Waals surface area contributed by atoms with Gasteiger partial charge in [-0.1, -0.05) is 30.3 Å². The molecule has 5 aromatic rings. The van der Waals surface area contributed by atoms with Gasteiger partial charge < -0.3 is 14.1 Å². The Hall–Kier alpha value is -3.03. The predicted octanol–water partition coefficient (Wildman–Crippen LogP) is 5.67. The number of aryl methyl sites for hydroxylation is 1. The van der Waals surface area contributed by atoms with Crippen LogP contribution >= 0.6 is 23.1 Å². The zero-order valence-corrected chi connectivity index (χ0v) is 17.9. The maximum atomic E-state index is 13.0. The highest BCUT2D eigenvalue weighted by molar-refractivity contribution is 8.00. The van der Waals surface area contributed by atoms with Crippen LogP contribution in [0.1, 0.15) is 27.5 Å². The van der Waals surface area contributed by atoms with Gasteiger partial charge in [-0.15, -0.1) is 23.1 Å². The Labute approximate surface area is 181 Å². The summed E-state index contributed by atoms with van der Waals surface area (Å²) in [7, 11) is 0. The second-order valence-electron chi connectivity index (χ2n) is 6.94. The average molecular weight is 434 g/mol. The molecular formula is C23H19N3O2S2. The van der Waals surface area contributed by atoms with E-state index in [1.165, 1.54) is 4.21 Å². The number of thiophene rings is 1. The first-order valence-corrected chi connectivity index (χ1v) is 11.4. The lowest BCUT2D eigenvalue weighted by Crippen LogP contribution is -2.23. The number of carbonyl (C=O) groups is 1. The molecule has 150 valence electrons. The smallest absolute Gasteiger partial charge is 0.287 e. The second kappa shape index (κ2) is 8.01. The summed E-state index contributed by atoms with van der Waals surface area (Å²) in [5.41, 5.74) is 4.43. The Morgan fingerprint density at radius 3 is 2.90 bits per heavy atom. The van der Waals surface area contributed by atoms with Crippen molar-refractivity contribution in [2.75, 3.05) is 0 Å². The van der Waals surface area contributed by atoms with Crippen molar-refractivity contribution in [3.8, 4) is 0 Å². The molecule has 0 atom stereocenters. The standard InChI is InChI=1S/C23H19N3O2S2/c1-15-6-4-9-20-25-16(13-26(15)20)12-24-23(27)22-18(14-30-21-10-5-11-29-21)17-7-2-3-8-19(17)28-22/h2-11,13H,12,14H2,1H3,(H,24,27). The van der Waals surface area contributed by atoms with Crippen LogP contribution in [0.2, 0.25) is 0 Å². The summed E-state index contributed by atoms with van der Waals surface area (Å²) in [6, 6.07) is 17.9. The lowest BCUT2D eigenvalue weighted by molar-refractivity contribution is 0.0924. The lowest BCUT2D eigenvalue weighted by atomic mass is 10.1. The van der Waals surface area contributed by atoms with E-state index in [1.807, 2.05) is 66.1 Å². The minimum atomic E-state index is -0.221. The molecule has 0 radical (unpaired) electrons. The van der Waals surface area contributed by atoms with Gasteiger partial charge in [-0.25, -0.2) is 4.98 Å². The van der Waals surface area contributed by atoms with Gasteiger partial charge in [0.2, 0.25) is 0 Å². The number of hydrogen-bond donors (Lipinski definition) is 1. The number of furan rings is 1. The number of nitrogens with one attached hydrogen (secondary N) is 1. The van der Waals surface area contributed by atoms with Crippen molar-refractivity contribution in [2.24, 2.45) is 0 Å². The van der Waals surface area contributed by atoms with Crippen molar-refractivity contribution < 1.29 is 9.21 Å². The largest absolute Gasteiger partial charge is 0.451 e. The fourth-order valence-electron chi connectivity index (χ4n) is 3.45. The number of carbonyl (C=O) groups excluding carboxylic acids is 1. The monoisotopic (exact) mass is 433 g/mol. The number of rotatable bonds is 6. The third-order valence-electron chi connectivity index (χ3n) is 4.93. The maximum Gasteiger partial charge on any atom is 0.287 e. The summed E-state index contributed by atoms with van der Waals surface area (Å²) in [6.07, 6.45) is 1.96. The first kappa shape index (κ1) is 19.0. The van der Waals surface area contributed by atoms with Crippen molar-refractivity contribution >= 4 is 45.6 Å². The first-order valence-electron chi connectivity index (χ1n) is 9.57. The Bertz CT molecular complexity index is 1340. The van der Waals surface area contributed by atoms with Gasteiger partial charge in [0, 0.05) is 28.6 Å². The van der Waals surface area contributed by atoms with Crippen LogP contribution in [0.5, 0.6) is 0 Å². The van der Waals surface area contributed by atoms with Crippen LogP contribution < -0.4 is 5.32 Å². The van der Waals surface area contributed by atoms with E-state index in [9.17, 15) is 4.79 Å². The van der Waals surface area contributed by atoms with Crippen LogP contribution in [0.3, 0.4) is 0 Å². The molecule has 0 aliphatic heterocycles. The normalized spacial score (nSPS) is 11.4. The highest BCUT2D eigenvalue weighted by Crippen LogP contribution is 2.33. The number of imidazole rings is 1. The van der Waals surface area contributed by atoms with Gasteiger partial charge in [0.25, 0.3) is 5.91 Å². The first-order chi connectivity index (χ1) is 14.7. The van der Waals surface area contributed by atoms with E-state index < -0.39 is 0 Å². The second-order valence-corrected chi connectivity index (χ2v) is 9.16. The van der Waals surface area contributed by atoms with E-state index in [1.54, 1.807) is 23.1 Å². The van der Waals surface area contributed by atoms with E-state index in [4.69, 9.17) is 4.42 Å². The molecule has 5 nitrogen and oxygen atoms in total. The fraction of sp³-hybridized carbons (Fsp3) is 0.130. The van der Waals surface area contributed by atoms with Gasteiger partial charge in [0.1, 0.15) is 11.2 Å². The molecular weight excluding hydrogens is 414 g/mol. The third kappa shape index (κ3) is 3.62. The van der Waals surface area contributed by atoms with E-state index in [-0.39, 0.29) is 5.91 Å². The molecule has 0 fully saturated rings. The highest BCUT2D eigenvalue weighted by atomic mass is 32.2. The van der Waals surface area contributed by atoms with Crippen molar-refractivity contribution in [3.05, 3.63) is 88.9 Å². The number of thioether (sulfide) groups is 1. The number of hydrogen-bond acceptors (Lipinski definition) is 5. The van der Waals surface area contributed by atoms with E-state index in [0.717, 1.165) is 33.6 Å². The molecule has 30 heavy (non-hydrogen) atoms. The summed E-state index contributed by atoms with van der Waals surface area (Å²) in [4.78, 5) is 17.6. The number of pyridine rings is 1. The Kier molecular flexibility index (Phi) is 5.06. The molecule has 5 rings (SSSR count). The van der Waals surface area contributed by atoms with Crippen LogP contribution in [-0.4, -0.2) is 15.3 Å². The summed E-state index contributed by atoms with van der Waals surface area (Å²) >= 11 is 3.41.